The molecule has 5 unspecified atom stereocenters. The highest BCUT2D eigenvalue weighted by Crippen LogP contribution is 2.26. The quantitative estimate of drug-likeness (QED) is 0.223. The molecule has 2 aliphatic heterocycles. The van der Waals surface area contributed by atoms with E-state index in [1.807, 2.05) is 0 Å². The molecule has 2 fully saturated rings. The molecule has 2 saturated heterocycles. The number of carbonyl (C=O) groups excluding carboxylic acids is 2. The number of aliphatic hydroxyl groups is 4. The van der Waals surface area contributed by atoms with Gasteiger partial charge in [-0.3, -0.25) is 0 Å². The summed E-state index contributed by atoms with van der Waals surface area (Å²) in [5, 5.41) is 41.6. The van der Waals surface area contributed by atoms with Crippen LogP contribution >= 0.6 is 0 Å². The zero-order valence-corrected chi connectivity index (χ0v) is 16.2. The number of rotatable bonds is 5. The van der Waals surface area contributed by atoms with E-state index in [2.05, 4.69) is 5.32 Å². The van der Waals surface area contributed by atoms with Gasteiger partial charge in [-0.15, -0.1) is 0 Å². The van der Waals surface area contributed by atoms with E-state index >= 15 is 0 Å². The maximum atomic E-state index is 11.9. The fourth-order valence-electron chi connectivity index (χ4n) is 2.86. The molecule has 30 heavy (non-hydrogen) atoms. The fourth-order valence-corrected chi connectivity index (χ4v) is 2.86. The molecule has 1 aromatic carbocycles. The Morgan fingerprint density at radius 3 is 2.20 bits per heavy atom. The molecular weight excluding hydrogens is 402 g/mol. The largest absolute Gasteiger partial charge is 0.462 e. The van der Waals surface area contributed by atoms with Gasteiger partial charge in [0.2, 0.25) is 6.29 Å². The van der Waals surface area contributed by atoms with Crippen molar-refractivity contribution in [2.45, 2.75) is 50.3 Å². The Kier molecular flexibility index (Phi) is 6.29. The minimum Gasteiger partial charge on any atom is -0.462 e. The number of hydrogen-bond acceptors (Lipinski definition) is 11. The monoisotopic (exact) mass is 425 g/mol. The standard InChI is InChI=1S/C19H23NO10/c1-19(2)29-16(25)11(17(26)30-19)7-20-9-3-5-10(6-4-9)27-18-15(24)14(23)13(22)12(8-21)28-18/h3-7,12-15,18,20-24H,8H2,1-2H3. The zero-order valence-electron chi connectivity index (χ0n) is 16.2. The van der Waals surface area contributed by atoms with Crippen LogP contribution in [0.4, 0.5) is 5.69 Å². The lowest BCUT2D eigenvalue weighted by Gasteiger charge is -2.39. The van der Waals surface area contributed by atoms with Gasteiger partial charge < -0.3 is 44.7 Å². The van der Waals surface area contributed by atoms with Crippen LogP contribution in [-0.4, -0.2) is 75.5 Å². The number of anilines is 1. The van der Waals surface area contributed by atoms with E-state index in [0.717, 1.165) is 6.20 Å². The highest BCUT2D eigenvalue weighted by molar-refractivity contribution is 6.15. The van der Waals surface area contributed by atoms with Crippen molar-refractivity contribution in [3.63, 3.8) is 0 Å². The Hall–Kier alpha value is -2.70. The predicted octanol–water partition coefficient (Wildman–Crippen LogP) is -1.00. The third kappa shape index (κ3) is 4.71. The molecule has 164 valence electrons. The SMILES string of the molecule is CC1(C)OC(=O)C(=CNc2ccc(OC3OC(CO)C(O)C(O)C3O)cc2)C(=O)O1. The smallest absolute Gasteiger partial charge is 0.350 e. The summed E-state index contributed by atoms with van der Waals surface area (Å²) in [6.45, 7) is 2.33. The van der Waals surface area contributed by atoms with E-state index in [0.29, 0.717) is 5.69 Å². The molecule has 5 atom stereocenters. The average molecular weight is 425 g/mol. The Balaban J connectivity index is 1.63. The third-order valence-corrected chi connectivity index (χ3v) is 4.45. The lowest BCUT2D eigenvalue weighted by atomic mass is 9.99. The molecule has 11 nitrogen and oxygen atoms in total. The van der Waals surface area contributed by atoms with Crippen molar-refractivity contribution in [2.75, 3.05) is 11.9 Å². The van der Waals surface area contributed by atoms with Crippen molar-refractivity contribution >= 4 is 17.6 Å². The van der Waals surface area contributed by atoms with E-state index in [1.54, 1.807) is 12.1 Å². The number of aliphatic hydroxyl groups excluding tert-OH is 4. The van der Waals surface area contributed by atoms with Crippen molar-refractivity contribution < 1.29 is 49.0 Å². The molecule has 3 rings (SSSR count). The van der Waals surface area contributed by atoms with Gasteiger partial charge in [0.1, 0.15) is 30.2 Å². The Labute approximate surface area is 171 Å². The molecule has 2 aliphatic rings. The maximum Gasteiger partial charge on any atom is 0.350 e. The van der Waals surface area contributed by atoms with Gasteiger partial charge in [-0.05, 0) is 24.3 Å². The maximum absolute atomic E-state index is 11.9. The molecule has 11 heteroatoms. The second-order valence-corrected chi connectivity index (χ2v) is 7.22. The van der Waals surface area contributed by atoms with E-state index in [1.165, 1.54) is 26.0 Å². The van der Waals surface area contributed by atoms with Gasteiger partial charge in [0.05, 0.1) is 6.61 Å². The Morgan fingerprint density at radius 2 is 1.63 bits per heavy atom. The number of esters is 2. The first-order valence-corrected chi connectivity index (χ1v) is 9.12. The first-order valence-electron chi connectivity index (χ1n) is 9.12. The first kappa shape index (κ1) is 22.0. The van der Waals surface area contributed by atoms with Crippen LogP contribution in [0.2, 0.25) is 0 Å². The second kappa shape index (κ2) is 8.58. The van der Waals surface area contributed by atoms with Crippen molar-refractivity contribution in [2.24, 2.45) is 0 Å². The van der Waals surface area contributed by atoms with Crippen molar-refractivity contribution in [3.8, 4) is 5.75 Å². The van der Waals surface area contributed by atoms with Crippen LogP contribution in [0.15, 0.2) is 36.0 Å². The summed E-state index contributed by atoms with van der Waals surface area (Å²) in [6.07, 6.45) is -5.79. The van der Waals surface area contributed by atoms with E-state index in [4.69, 9.17) is 18.9 Å². The second-order valence-electron chi connectivity index (χ2n) is 7.22. The van der Waals surface area contributed by atoms with Crippen LogP contribution in [0, 0.1) is 0 Å². The fraction of sp³-hybridized carbons (Fsp3) is 0.474. The molecule has 0 amide bonds. The molecule has 0 radical (unpaired) electrons. The Bertz CT molecular complexity index is 797. The summed E-state index contributed by atoms with van der Waals surface area (Å²) < 4.78 is 20.7. The molecule has 0 spiro atoms. The summed E-state index contributed by atoms with van der Waals surface area (Å²) in [7, 11) is 0. The Morgan fingerprint density at radius 1 is 1.03 bits per heavy atom. The van der Waals surface area contributed by atoms with Gasteiger partial charge in [-0.25, -0.2) is 9.59 Å². The number of ether oxygens (including phenoxy) is 4. The van der Waals surface area contributed by atoms with Gasteiger partial charge in [0.15, 0.2) is 5.57 Å². The lowest BCUT2D eigenvalue weighted by Crippen LogP contribution is -2.60. The van der Waals surface area contributed by atoms with Gasteiger partial charge in [-0.2, -0.15) is 0 Å². The number of carbonyl (C=O) groups is 2. The number of cyclic esters (lactones) is 2. The highest BCUT2D eigenvalue weighted by Gasteiger charge is 2.44. The van der Waals surface area contributed by atoms with Crippen LogP contribution in [-0.2, 0) is 23.8 Å². The average Bonchev–Trinajstić information content (AvgIpc) is 2.68. The summed E-state index contributed by atoms with van der Waals surface area (Å²) in [5.41, 5.74) is 0.199. The van der Waals surface area contributed by atoms with Crippen LogP contribution in [0.25, 0.3) is 0 Å². The summed E-state index contributed by atoms with van der Waals surface area (Å²) in [5.74, 6) is -2.69. The molecule has 5 N–H and O–H groups in total. The van der Waals surface area contributed by atoms with E-state index in [9.17, 15) is 30.0 Å². The van der Waals surface area contributed by atoms with Crippen molar-refractivity contribution in [3.05, 3.63) is 36.0 Å². The first-order chi connectivity index (χ1) is 14.1. The number of nitrogens with one attached hydrogen (secondary N) is 1. The lowest BCUT2D eigenvalue weighted by molar-refractivity contribution is -0.277. The summed E-state index contributed by atoms with van der Waals surface area (Å²) in [4.78, 5) is 23.8. The molecular formula is C19H23NO10. The van der Waals surface area contributed by atoms with Gasteiger partial charge >= 0.3 is 11.9 Å². The highest BCUT2D eigenvalue weighted by atomic mass is 16.7. The number of hydrogen-bond donors (Lipinski definition) is 5. The number of benzene rings is 1. The molecule has 0 bridgehead atoms. The molecule has 0 saturated carbocycles. The van der Waals surface area contributed by atoms with Crippen molar-refractivity contribution in [1.29, 1.82) is 0 Å². The van der Waals surface area contributed by atoms with Crippen molar-refractivity contribution in [1.82, 2.24) is 0 Å². The predicted molar refractivity (Wildman–Crippen MR) is 98.8 cm³/mol. The normalized spacial score (nSPS) is 30.9. The molecule has 1 aromatic rings. The van der Waals surface area contributed by atoms with Crippen LogP contribution in [0.5, 0.6) is 5.75 Å². The topological polar surface area (TPSA) is 164 Å². The van der Waals surface area contributed by atoms with Crippen LogP contribution in [0.3, 0.4) is 0 Å². The minimum atomic E-state index is -1.55. The zero-order chi connectivity index (χ0) is 22.1. The summed E-state index contributed by atoms with van der Waals surface area (Å²) in [6, 6.07) is 6.12. The summed E-state index contributed by atoms with van der Waals surface area (Å²) >= 11 is 0. The molecule has 0 aliphatic carbocycles. The van der Waals surface area contributed by atoms with Crippen LogP contribution < -0.4 is 10.1 Å². The van der Waals surface area contributed by atoms with E-state index < -0.39 is 55.0 Å². The van der Waals surface area contributed by atoms with Crippen LogP contribution in [0.1, 0.15) is 13.8 Å². The molecule has 0 aromatic heterocycles. The minimum absolute atomic E-state index is 0.260. The molecule has 2 heterocycles. The van der Waals surface area contributed by atoms with Gasteiger partial charge in [0, 0.05) is 25.7 Å². The van der Waals surface area contributed by atoms with Gasteiger partial charge in [0.25, 0.3) is 5.79 Å². The van der Waals surface area contributed by atoms with Gasteiger partial charge in [-0.1, -0.05) is 0 Å². The third-order valence-electron chi connectivity index (χ3n) is 4.45. The van der Waals surface area contributed by atoms with E-state index in [-0.39, 0.29) is 11.3 Å².